The molecule has 10 heteroatoms. The summed E-state index contributed by atoms with van der Waals surface area (Å²) in [6, 6.07) is 6.52. The average Bonchev–Trinajstić information content (AvgIpc) is 2.83. The van der Waals surface area contributed by atoms with Crippen molar-refractivity contribution in [2.75, 3.05) is 43.1 Å². The Morgan fingerprint density at radius 3 is 2.63 bits per heavy atom. The van der Waals surface area contributed by atoms with Gasteiger partial charge in [-0.15, -0.1) is 0 Å². The predicted molar refractivity (Wildman–Crippen MR) is 130 cm³/mol. The molecule has 1 fully saturated rings. The van der Waals surface area contributed by atoms with Gasteiger partial charge in [0, 0.05) is 42.5 Å². The van der Waals surface area contributed by atoms with Gasteiger partial charge in [-0.3, -0.25) is 9.78 Å². The van der Waals surface area contributed by atoms with Gasteiger partial charge in [0.15, 0.2) is 11.6 Å². The molecule has 0 spiro atoms. The quantitative estimate of drug-likeness (QED) is 0.472. The number of ether oxygens (including phenoxy) is 1. The summed E-state index contributed by atoms with van der Waals surface area (Å²) in [4.78, 5) is 24.4. The lowest BCUT2D eigenvalue weighted by molar-refractivity contribution is 0.0694. The first kappa shape index (κ1) is 24.7. The summed E-state index contributed by atoms with van der Waals surface area (Å²) in [5.74, 6) is -1.56. The van der Waals surface area contributed by atoms with Gasteiger partial charge in [-0.05, 0) is 45.0 Å². The van der Waals surface area contributed by atoms with Crippen LogP contribution < -0.4 is 15.5 Å². The second-order valence-electron chi connectivity index (χ2n) is 9.25. The maximum Gasteiger partial charge on any atom is 0.251 e. The fourth-order valence-electron chi connectivity index (χ4n) is 3.85. The van der Waals surface area contributed by atoms with Crippen molar-refractivity contribution < 1.29 is 23.4 Å². The fraction of sp³-hybridized carbons (Fsp3) is 0.400. The normalized spacial score (nSPS) is 15.2. The van der Waals surface area contributed by atoms with Crippen molar-refractivity contribution in [2.45, 2.75) is 32.4 Å². The molecule has 1 aliphatic rings. The molecular formula is C25H29F2N5O3. The Balaban J connectivity index is 1.73. The maximum absolute atomic E-state index is 13.8. The first-order valence-corrected chi connectivity index (χ1v) is 11.5. The minimum atomic E-state index is -1.07. The molecule has 0 aliphatic carbocycles. The smallest absolute Gasteiger partial charge is 0.251 e. The van der Waals surface area contributed by atoms with Crippen LogP contribution in [0.1, 0.15) is 42.7 Å². The fourth-order valence-corrected chi connectivity index (χ4v) is 3.85. The molecule has 1 amide bonds. The second-order valence-corrected chi connectivity index (χ2v) is 9.25. The number of anilines is 2. The van der Waals surface area contributed by atoms with E-state index in [-0.39, 0.29) is 12.5 Å². The van der Waals surface area contributed by atoms with Crippen LogP contribution in [0.3, 0.4) is 0 Å². The Hall–Kier alpha value is -3.37. The highest BCUT2D eigenvalue weighted by molar-refractivity contribution is 5.98. The molecule has 1 unspecified atom stereocenters. The summed E-state index contributed by atoms with van der Waals surface area (Å²) in [5.41, 5.74) is 1.46. The second kappa shape index (κ2) is 10.1. The molecule has 0 radical (unpaired) electrons. The largest absolute Gasteiger partial charge is 0.389 e. The lowest BCUT2D eigenvalue weighted by Crippen LogP contribution is -2.38. The number of rotatable bonds is 7. The number of nitrogens with zero attached hydrogens (tertiary/aromatic N) is 3. The zero-order valence-electron chi connectivity index (χ0n) is 19.9. The zero-order valence-corrected chi connectivity index (χ0v) is 19.9. The lowest BCUT2D eigenvalue weighted by Gasteiger charge is -2.28. The van der Waals surface area contributed by atoms with Crippen LogP contribution in [-0.2, 0) is 4.74 Å². The van der Waals surface area contributed by atoms with E-state index >= 15 is 0 Å². The van der Waals surface area contributed by atoms with E-state index in [4.69, 9.17) is 9.72 Å². The van der Waals surface area contributed by atoms with Gasteiger partial charge in [0.05, 0.1) is 42.1 Å². The number of carbonyl (C=O) groups excluding carboxylic acids is 1. The van der Waals surface area contributed by atoms with Gasteiger partial charge in [0.1, 0.15) is 5.82 Å². The standard InChI is InChI=1S/C25H29F2N5O3/c1-15(30-17-4-5-19(26)20(27)12-17)18-10-16(24(33)29-14-25(2,3)34)11-21-23(18)31-22(13-28-21)32-6-8-35-9-7-32/h4-5,10-13,15,30,34H,6-9,14H2,1-3H3,(H,29,33). The molecule has 1 atom stereocenters. The summed E-state index contributed by atoms with van der Waals surface area (Å²) in [7, 11) is 0. The Morgan fingerprint density at radius 1 is 1.20 bits per heavy atom. The summed E-state index contributed by atoms with van der Waals surface area (Å²) < 4.78 is 32.6. The molecule has 2 aromatic carbocycles. The number of carbonyl (C=O) groups is 1. The number of aromatic nitrogens is 2. The number of aliphatic hydroxyl groups is 1. The highest BCUT2D eigenvalue weighted by atomic mass is 19.2. The van der Waals surface area contributed by atoms with Gasteiger partial charge in [-0.2, -0.15) is 0 Å². The van der Waals surface area contributed by atoms with Crippen LogP contribution in [0.25, 0.3) is 11.0 Å². The van der Waals surface area contributed by atoms with Crippen LogP contribution in [-0.4, -0.2) is 59.4 Å². The van der Waals surface area contributed by atoms with Crippen LogP contribution in [0, 0.1) is 11.6 Å². The molecule has 2 heterocycles. The van der Waals surface area contributed by atoms with Crippen molar-refractivity contribution in [1.82, 2.24) is 15.3 Å². The molecule has 0 saturated carbocycles. The third-order valence-corrected chi connectivity index (χ3v) is 5.71. The van der Waals surface area contributed by atoms with Gasteiger partial charge in [-0.1, -0.05) is 0 Å². The number of fused-ring (bicyclic) bond motifs is 1. The topological polar surface area (TPSA) is 99.6 Å². The van der Waals surface area contributed by atoms with E-state index in [9.17, 15) is 18.7 Å². The summed E-state index contributed by atoms with van der Waals surface area (Å²) in [6.45, 7) is 7.70. The van der Waals surface area contributed by atoms with Gasteiger partial charge in [-0.25, -0.2) is 13.8 Å². The van der Waals surface area contributed by atoms with Crippen LogP contribution in [0.5, 0.6) is 0 Å². The number of hydrogen-bond donors (Lipinski definition) is 3. The molecule has 1 saturated heterocycles. The Labute approximate surface area is 202 Å². The Morgan fingerprint density at radius 2 is 1.94 bits per heavy atom. The van der Waals surface area contributed by atoms with Crippen molar-refractivity contribution in [3.63, 3.8) is 0 Å². The summed E-state index contributed by atoms with van der Waals surface area (Å²) >= 11 is 0. The Kier molecular flexibility index (Phi) is 7.13. The maximum atomic E-state index is 13.8. The van der Waals surface area contributed by atoms with Crippen LogP contribution in [0.15, 0.2) is 36.5 Å². The molecule has 1 aliphatic heterocycles. The number of benzene rings is 2. The van der Waals surface area contributed by atoms with E-state index in [0.29, 0.717) is 60.0 Å². The van der Waals surface area contributed by atoms with E-state index in [1.807, 2.05) is 6.92 Å². The molecule has 3 N–H and O–H groups in total. The van der Waals surface area contributed by atoms with E-state index in [0.717, 1.165) is 12.1 Å². The van der Waals surface area contributed by atoms with Gasteiger partial charge < -0.3 is 25.4 Å². The van der Waals surface area contributed by atoms with Gasteiger partial charge in [0.25, 0.3) is 5.91 Å². The SMILES string of the molecule is CC(Nc1ccc(F)c(F)c1)c1cc(C(=O)NCC(C)(C)O)cc2ncc(N3CCOCC3)nc12. The summed E-state index contributed by atoms with van der Waals surface area (Å²) in [6.07, 6.45) is 1.67. The highest BCUT2D eigenvalue weighted by Crippen LogP contribution is 2.29. The number of amides is 1. The number of morpholine rings is 1. The third kappa shape index (κ3) is 6.01. The number of halogens is 2. The van der Waals surface area contributed by atoms with E-state index in [1.54, 1.807) is 32.2 Å². The third-order valence-electron chi connectivity index (χ3n) is 5.71. The van der Waals surface area contributed by atoms with Crippen molar-refractivity contribution in [1.29, 1.82) is 0 Å². The van der Waals surface area contributed by atoms with Crippen molar-refractivity contribution in [2.24, 2.45) is 0 Å². The lowest BCUT2D eigenvalue weighted by atomic mass is 10.0. The monoisotopic (exact) mass is 485 g/mol. The van der Waals surface area contributed by atoms with Crippen molar-refractivity contribution in [3.8, 4) is 0 Å². The minimum absolute atomic E-state index is 0.0729. The predicted octanol–water partition coefficient (Wildman–Crippen LogP) is 3.42. The van der Waals surface area contributed by atoms with Crippen LogP contribution in [0.4, 0.5) is 20.3 Å². The molecule has 4 rings (SSSR count). The molecule has 0 bridgehead atoms. The number of nitrogens with one attached hydrogen (secondary N) is 2. The highest BCUT2D eigenvalue weighted by Gasteiger charge is 2.21. The molecule has 8 nitrogen and oxygen atoms in total. The van der Waals surface area contributed by atoms with Crippen LogP contribution in [0.2, 0.25) is 0 Å². The molecule has 186 valence electrons. The van der Waals surface area contributed by atoms with E-state index in [1.165, 1.54) is 6.07 Å². The molecule has 35 heavy (non-hydrogen) atoms. The summed E-state index contributed by atoms with van der Waals surface area (Å²) in [5, 5.41) is 15.9. The molecular weight excluding hydrogens is 456 g/mol. The molecule has 1 aromatic heterocycles. The first-order valence-electron chi connectivity index (χ1n) is 11.5. The van der Waals surface area contributed by atoms with E-state index < -0.39 is 23.3 Å². The van der Waals surface area contributed by atoms with E-state index in [2.05, 4.69) is 20.5 Å². The Bertz CT molecular complexity index is 1230. The first-order chi connectivity index (χ1) is 16.6. The zero-order chi connectivity index (χ0) is 25.2. The number of hydrogen-bond acceptors (Lipinski definition) is 7. The van der Waals surface area contributed by atoms with Gasteiger partial charge in [0.2, 0.25) is 0 Å². The minimum Gasteiger partial charge on any atom is -0.389 e. The van der Waals surface area contributed by atoms with Crippen molar-refractivity contribution in [3.05, 3.63) is 59.3 Å². The molecule has 3 aromatic rings. The van der Waals surface area contributed by atoms with Gasteiger partial charge >= 0.3 is 0 Å². The van der Waals surface area contributed by atoms with Crippen molar-refractivity contribution >= 4 is 28.4 Å². The average molecular weight is 486 g/mol. The van der Waals surface area contributed by atoms with Crippen LogP contribution >= 0.6 is 0 Å².